The molecule has 0 aliphatic rings. The van der Waals surface area contributed by atoms with Crippen molar-refractivity contribution in [1.29, 1.82) is 0 Å². The van der Waals surface area contributed by atoms with Gasteiger partial charge in [0.15, 0.2) is 0 Å². The average Bonchev–Trinajstić information content (AvgIpc) is 2.86. The highest BCUT2D eigenvalue weighted by atomic mass is 15.1. The Morgan fingerprint density at radius 2 is 2.05 bits per heavy atom. The maximum Gasteiger partial charge on any atom is 0.108 e. The first-order chi connectivity index (χ1) is 9.75. The molecule has 0 unspecified atom stereocenters. The number of benzene rings is 1. The van der Waals surface area contributed by atoms with Gasteiger partial charge in [-0.25, -0.2) is 4.98 Å². The lowest BCUT2D eigenvalue weighted by Crippen LogP contribution is -2.20. The molecule has 2 aromatic rings. The van der Waals surface area contributed by atoms with Gasteiger partial charge in [-0.05, 0) is 25.6 Å². The molecule has 2 rings (SSSR count). The normalized spacial score (nSPS) is 11.6. The summed E-state index contributed by atoms with van der Waals surface area (Å²) >= 11 is 0. The number of imidazole rings is 1. The van der Waals surface area contributed by atoms with E-state index >= 15 is 0 Å². The van der Waals surface area contributed by atoms with Gasteiger partial charge in [-0.3, -0.25) is 0 Å². The molecule has 1 heterocycles. The second-order valence-corrected chi connectivity index (χ2v) is 5.13. The molecule has 0 saturated carbocycles. The fourth-order valence-corrected chi connectivity index (χ4v) is 2.17. The summed E-state index contributed by atoms with van der Waals surface area (Å²) in [6.45, 7) is 2.07. The van der Waals surface area contributed by atoms with Crippen LogP contribution in [0.15, 0.2) is 48.8 Å². The number of aromatic nitrogens is 2. The van der Waals surface area contributed by atoms with Gasteiger partial charge in [0.05, 0.1) is 0 Å². The number of rotatable bonds is 7. The Morgan fingerprint density at radius 3 is 2.75 bits per heavy atom. The van der Waals surface area contributed by atoms with Gasteiger partial charge in [0.1, 0.15) is 5.82 Å². The number of nitrogens with zero attached hydrogens (tertiary/aromatic N) is 3. The molecular weight excluding hydrogens is 246 g/mol. The SMILES string of the molecule is CN(C/C=C/c1ccccc1)CCCc1nccn1C. The van der Waals surface area contributed by atoms with Crippen LogP contribution in [0.2, 0.25) is 0 Å². The molecule has 0 atom stereocenters. The van der Waals surface area contributed by atoms with Gasteiger partial charge < -0.3 is 9.47 Å². The van der Waals surface area contributed by atoms with Crippen molar-refractivity contribution in [2.75, 3.05) is 20.1 Å². The molecule has 0 saturated heterocycles. The fraction of sp³-hybridized carbons (Fsp3) is 0.353. The second-order valence-electron chi connectivity index (χ2n) is 5.13. The summed E-state index contributed by atoms with van der Waals surface area (Å²) in [5.74, 6) is 1.17. The Bertz CT molecular complexity index is 528. The molecule has 0 bridgehead atoms. The van der Waals surface area contributed by atoms with Crippen molar-refractivity contribution in [2.45, 2.75) is 12.8 Å². The van der Waals surface area contributed by atoms with Gasteiger partial charge >= 0.3 is 0 Å². The molecule has 3 heteroatoms. The van der Waals surface area contributed by atoms with Gasteiger partial charge in [0.2, 0.25) is 0 Å². The minimum absolute atomic E-state index is 0.982. The van der Waals surface area contributed by atoms with E-state index in [1.807, 2.05) is 18.5 Å². The zero-order valence-corrected chi connectivity index (χ0v) is 12.4. The van der Waals surface area contributed by atoms with Crippen molar-refractivity contribution in [1.82, 2.24) is 14.5 Å². The van der Waals surface area contributed by atoms with E-state index in [1.54, 1.807) is 0 Å². The van der Waals surface area contributed by atoms with Crippen LogP contribution in [0.5, 0.6) is 0 Å². The summed E-state index contributed by atoms with van der Waals surface area (Å²) in [6.07, 6.45) is 10.4. The molecule has 1 aromatic heterocycles. The molecule has 0 N–H and O–H groups in total. The molecule has 0 spiro atoms. The van der Waals surface area contributed by atoms with Crippen molar-refractivity contribution in [3.8, 4) is 0 Å². The lowest BCUT2D eigenvalue weighted by Gasteiger charge is -2.13. The Balaban J connectivity index is 1.67. The first-order valence-corrected chi connectivity index (χ1v) is 7.12. The van der Waals surface area contributed by atoms with Crippen molar-refractivity contribution >= 4 is 6.08 Å². The maximum absolute atomic E-state index is 4.34. The Morgan fingerprint density at radius 1 is 1.25 bits per heavy atom. The van der Waals surface area contributed by atoms with Crippen LogP contribution in [0.3, 0.4) is 0 Å². The van der Waals surface area contributed by atoms with Crippen LogP contribution in [-0.4, -0.2) is 34.6 Å². The van der Waals surface area contributed by atoms with E-state index in [0.29, 0.717) is 0 Å². The molecular formula is C17H23N3. The summed E-state index contributed by atoms with van der Waals surface area (Å²) in [4.78, 5) is 6.68. The first kappa shape index (κ1) is 14.5. The van der Waals surface area contributed by atoms with Crippen molar-refractivity contribution in [3.63, 3.8) is 0 Å². The average molecular weight is 269 g/mol. The van der Waals surface area contributed by atoms with Crippen molar-refractivity contribution < 1.29 is 0 Å². The smallest absolute Gasteiger partial charge is 0.108 e. The number of likely N-dealkylation sites (N-methyl/N-ethyl adjacent to an activating group) is 1. The van der Waals surface area contributed by atoms with Crippen LogP contribution in [-0.2, 0) is 13.5 Å². The van der Waals surface area contributed by atoms with Crippen LogP contribution in [0.25, 0.3) is 6.08 Å². The third-order valence-corrected chi connectivity index (χ3v) is 3.39. The predicted octanol–water partition coefficient (Wildman–Crippen LogP) is 3.00. The first-order valence-electron chi connectivity index (χ1n) is 7.12. The summed E-state index contributed by atoms with van der Waals surface area (Å²) in [5.41, 5.74) is 1.26. The topological polar surface area (TPSA) is 21.1 Å². The monoisotopic (exact) mass is 269 g/mol. The van der Waals surface area contributed by atoms with Crippen LogP contribution in [0, 0.1) is 0 Å². The van der Waals surface area contributed by atoms with Gasteiger partial charge in [-0.2, -0.15) is 0 Å². The van der Waals surface area contributed by atoms with Gasteiger partial charge in [-0.15, -0.1) is 0 Å². The van der Waals surface area contributed by atoms with E-state index in [4.69, 9.17) is 0 Å². The zero-order chi connectivity index (χ0) is 14.2. The summed E-state index contributed by atoms with van der Waals surface area (Å²) < 4.78 is 2.09. The van der Waals surface area contributed by atoms with E-state index in [0.717, 1.165) is 25.9 Å². The predicted molar refractivity (Wildman–Crippen MR) is 84.5 cm³/mol. The van der Waals surface area contributed by atoms with E-state index in [9.17, 15) is 0 Å². The molecule has 0 amide bonds. The molecule has 3 nitrogen and oxygen atoms in total. The fourth-order valence-electron chi connectivity index (χ4n) is 2.17. The quantitative estimate of drug-likeness (QED) is 0.770. The third kappa shape index (κ3) is 4.67. The van der Waals surface area contributed by atoms with E-state index in [1.165, 1.54) is 11.4 Å². The minimum Gasteiger partial charge on any atom is -0.338 e. The third-order valence-electron chi connectivity index (χ3n) is 3.39. The second kappa shape index (κ2) is 7.65. The molecule has 0 radical (unpaired) electrons. The van der Waals surface area contributed by atoms with E-state index in [2.05, 4.69) is 65.0 Å². The van der Waals surface area contributed by atoms with Crippen molar-refractivity contribution in [2.24, 2.45) is 7.05 Å². The Kier molecular flexibility index (Phi) is 5.56. The molecule has 1 aromatic carbocycles. The van der Waals surface area contributed by atoms with Gasteiger partial charge in [-0.1, -0.05) is 42.5 Å². The molecule has 0 fully saturated rings. The maximum atomic E-state index is 4.34. The van der Waals surface area contributed by atoms with Crippen LogP contribution >= 0.6 is 0 Å². The molecule has 106 valence electrons. The van der Waals surface area contributed by atoms with Gasteiger partial charge in [0, 0.05) is 32.4 Å². The van der Waals surface area contributed by atoms with E-state index < -0.39 is 0 Å². The number of hydrogen-bond donors (Lipinski definition) is 0. The highest BCUT2D eigenvalue weighted by Crippen LogP contribution is 2.02. The lowest BCUT2D eigenvalue weighted by molar-refractivity contribution is 0.362. The van der Waals surface area contributed by atoms with Crippen LogP contribution < -0.4 is 0 Å². The van der Waals surface area contributed by atoms with Crippen LogP contribution in [0.1, 0.15) is 17.8 Å². The standard InChI is InChI=1S/C17H23N3/c1-19(13-6-10-16-8-4-3-5-9-16)14-7-11-17-18-12-15-20(17)2/h3-6,8-10,12,15H,7,11,13-14H2,1-2H3/b10-6+. The van der Waals surface area contributed by atoms with Crippen LogP contribution in [0.4, 0.5) is 0 Å². The molecule has 0 aliphatic heterocycles. The van der Waals surface area contributed by atoms with Crippen molar-refractivity contribution in [3.05, 3.63) is 60.2 Å². The molecule has 20 heavy (non-hydrogen) atoms. The Hall–Kier alpha value is -1.87. The lowest BCUT2D eigenvalue weighted by atomic mass is 10.2. The summed E-state index contributed by atoms with van der Waals surface area (Å²) in [5, 5.41) is 0. The number of aryl methyl sites for hydroxylation is 2. The Labute approximate surface area is 121 Å². The summed E-state index contributed by atoms with van der Waals surface area (Å²) in [6, 6.07) is 10.4. The highest BCUT2D eigenvalue weighted by molar-refractivity contribution is 5.48. The highest BCUT2D eigenvalue weighted by Gasteiger charge is 2.00. The molecule has 0 aliphatic carbocycles. The van der Waals surface area contributed by atoms with E-state index in [-0.39, 0.29) is 0 Å². The largest absolute Gasteiger partial charge is 0.338 e. The summed E-state index contributed by atoms with van der Waals surface area (Å²) in [7, 11) is 4.21. The minimum atomic E-state index is 0.982. The number of hydrogen-bond acceptors (Lipinski definition) is 2. The van der Waals surface area contributed by atoms with Gasteiger partial charge in [0.25, 0.3) is 0 Å². The zero-order valence-electron chi connectivity index (χ0n) is 12.4.